The molecular weight excluding hydrogens is 747 g/mol. The molecular formula is C36H37IN2O6S2. The highest BCUT2D eigenvalue weighted by atomic mass is 127. The quantitative estimate of drug-likeness (QED) is 0.0946. The summed E-state index contributed by atoms with van der Waals surface area (Å²) in [6.07, 6.45) is 5.12. The van der Waals surface area contributed by atoms with E-state index in [-0.39, 0.29) is 29.9 Å². The molecule has 1 aliphatic rings. The molecule has 0 radical (unpaired) electrons. The van der Waals surface area contributed by atoms with Crippen molar-refractivity contribution in [1.82, 2.24) is 0 Å². The largest absolute Gasteiger partial charge is 0.462 e. The predicted molar refractivity (Wildman–Crippen MR) is 196 cm³/mol. The van der Waals surface area contributed by atoms with Gasteiger partial charge in [0.1, 0.15) is 6.61 Å². The topological polar surface area (TPSA) is 101 Å². The zero-order valence-electron chi connectivity index (χ0n) is 26.4. The van der Waals surface area contributed by atoms with Crippen molar-refractivity contribution in [3.8, 4) is 0 Å². The number of anilines is 2. The van der Waals surface area contributed by atoms with Gasteiger partial charge in [0.15, 0.2) is 0 Å². The molecule has 4 aromatic carbocycles. The van der Waals surface area contributed by atoms with Crippen LogP contribution in [0.15, 0.2) is 132 Å². The molecule has 1 heterocycles. The van der Waals surface area contributed by atoms with Gasteiger partial charge in [0, 0.05) is 23.0 Å². The van der Waals surface area contributed by atoms with Crippen LogP contribution in [0, 0.1) is 17.4 Å². The van der Waals surface area contributed by atoms with Crippen LogP contribution in [0.1, 0.15) is 29.5 Å². The summed E-state index contributed by atoms with van der Waals surface area (Å²) in [5.41, 5.74) is 4.41. The number of carbonyl (C=O) groups is 1. The van der Waals surface area contributed by atoms with Gasteiger partial charge in [-0.15, -0.1) is 6.58 Å². The number of nitrogens with zero attached hydrogens (tertiary/aromatic N) is 2. The van der Waals surface area contributed by atoms with Crippen molar-refractivity contribution in [2.24, 2.45) is 0 Å². The van der Waals surface area contributed by atoms with E-state index in [0.717, 1.165) is 25.9 Å². The number of fused-ring (bicyclic) bond motifs is 1. The van der Waals surface area contributed by atoms with Gasteiger partial charge in [-0.1, -0.05) is 77.9 Å². The summed E-state index contributed by atoms with van der Waals surface area (Å²) in [5, 5.41) is 0. The van der Waals surface area contributed by atoms with E-state index in [1.165, 1.54) is 15.5 Å². The summed E-state index contributed by atoms with van der Waals surface area (Å²) in [6.45, 7) is 9.66. The Hall–Kier alpha value is -3.94. The first-order valence-corrected chi connectivity index (χ1v) is 18.8. The lowest BCUT2D eigenvalue weighted by molar-refractivity contribution is -0.139. The molecule has 0 spiro atoms. The highest BCUT2D eigenvalue weighted by Gasteiger charge is 2.35. The Labute approximate surface area is 291 Å². The SMILES string of the molecule is C=CC1CN(S(=O)(=O)c2ccc(C)cc2)c2ccccc21.CC(=O)OC/C=C\CN(c1ccccc1I)S(=O)(=O)c1ccc(C)cc1. The van der Waals surface area contributed by atoms with Crippen molar-refractivity contribution >= 4 is 60.0 Å². The number of halogens is 1. The molecule has 0 N–H and O–H groups in total. The number of hydrogen-bond acceptors (Lipinski definition) is 6. The van der Waals surface area contributed by atoms with E-state index in [1.807, 2.05) is 68.5 Å². The van der Waals surface area contributed by atoms with Gasteiger partial charge in [0.2, 0.25) is 0 Å². The van der Waals surface area contributed by atoms with Crippen LogP contribution in [-0.2, 0) is 29.6 Å². The third-order valence-corrected chi connectivity index (χ3v) is 11.9. The van der Waals surface area contributed by atoms with Crippen LogP contribution in [0.4, 0.5) is 11.4 Å². The van der Waals surface area contributed by atoms with Crippen LogP contribution in [0.3, 0.4) is 0 Å². The number of esters is 1. The van der Waals surface area contributed by atoms with Crippen molar-refractivity contribution in [2.45, 2.75) is 36.5 Å². The van der Waals surface area contributed by atoms with E-state index in [4.69, 9.17) is 4.74 Å². The maximum atomic E-state index is 13.2. The van der Waals surface area contributed by atoms with Gasteiger partial charge in [-0.25, -0.2) is 16.8 Å². The Morgan fingerprint density at radius 3 is 2.04 bits per heavy atom. The number of hydrogen-bond donors (Lipinski definition) is 0. The van der Waals surface area contributed by atoms with Crippen LogP contribution < -0.4 is 8.61 Å². The van der Waals surface area contributed by atoms with Crippen LogP contribution in [0.2, 0.25) is 0 Å². The van der Waals surface area contributed by atoms with Gasteiger partial charge >= 0.3 is 5.97 Å². The Balaban J connectivity index is 0.000000217. The highest BCUT2D eigenvalue weighted by molar-refractivity contribution is 14.1. The standard InChI is InChI=1S/C19H20INO4S.C17H17NO2S/c1-15-9-11-17(12-10-15)26(23,24)21(13-5-6-14-25-16(2)22)19-8-4-3-7-18(19)20;1-3-14-12-18(17-7-5-4-6-16(14)17)21(19,20)15-10-8-13(2)9-11-15/h3-12H,13-14H2,1-2H3;3-11,14H,1,12H2,2H3/b6-5-;. The maximum absolute atomic E-state index is 13.2. The van der Waals surface area contributed by atoms with Crippen LogP contribution in [-0.4, -0.2) is 42.5 Å². The second-order valence-corrected chi connectivity index (χ2v) is 15.7. The third-order valence-electron chi connectivity index (χ3n) is 7.41. The number of carbonyl (C=O) groups excluding carboxylic acids is 1. The number of benzene rings is 4. The van der Waals surface area contributed by atoms with E-state index in [2.05, 4.69) is 29.2 Å². The lowest BCUT2D eigenvalue weighted by Crippen LogP contribution is -2.32. The molecule has 47 heavy (non-hydrogen) atoms. The van der Waals surface area contributed by atoms with Crippen molar-refractivity contribution in [2.75, 3.05) is 28.3 Å². The lowest BCUT2D eigenvalue weighted by Gasteiger charge is -2.24. The van der Waals surface area contributed by atoms with Gasteiger partial charge in [-0.3, -0.25) is 13.4 Å². The predicted octanol–water partition coefficient (Wildman–Crippen LogP) is 7.39. The van der Waals surface area contributed by atoms with Gasteiger partial charge in [-0.2, -0.15) is 0 Å². The molecule has 4 aromatic rings. The van der Waals surface area contributed by atoms with Crippen molar-refractivity contribution in [3.05, 3.63) is 142 Å². The van der Waals surface area contributed by atoms with Crippen molar-refractivity contribution in [1.29, 1.82) is 0 Å². The summed E-state index contributed by atoms with van der Waals surface area (Å²) in [5.74, 6) is -0.335. The first-order chi connectivity index (χ1) is 22.4. The zero-order chi connectivity index (χ0) is 34.2. The van der Waals surface area contributed by atoms with Gasteiger partial charge in [0.05, 0.1) is 27.7 Å². The Kier molecular flexibility index (Phi) is 12.0. The second-order valence-electron chi connectivity index (χ2n) is 10.8. The van der Waals surface area contributed by atoms with Gasteiger partial charge in [0.25, 0.3) is 20.0 Å². The number of sulfonamides is 2. The van der Waals surface area contributed by atoms with Crippen LogP contribution >= 0.6 is 22.6 Å². The minimum atomic E-state index is -3.73. The Morgan fingerprint density at radius 2 is 1.45 bits per heavy atom. The maximum Gasteiger partial charge on any atom is 0.302 e. The molecule has 0 aliphatic carbocycles. The fourth-order valence-electron chi connectivity index (χ4n) is 4.89. The van der Waals surface area contributed by atoms with Gasteiger partial charge in [-0.05, 0) is 90.5 Å². The molecule has 0 bridgehead atoms. The molecule has 8 nitrogen and oxygen atoms in total. The molecule has 1 aliphatic heterocycles. The average molecular weight is 785 g/mol. The van der Waals surface area contributed by atoms with E-state index >= 15 is 0 Å². The summed E-state index contributed by atoms with van der Waals surface area (Å²) in [4.78, 5) is 11.4. The molecule has 0 aromatic heterocycles. The van der Waals surface area contributed by atoms with E-state index < -0.39 is 20.0 Å². The molecule has 0 saturated carbocycles. The molecule has 246 valence electrons. The Morgan fingerprint density at radius 1 is 0.872 bits per heavy atom. The third kappa shape index (κ3) is 8.70. The minimum Gasteiger partial charge on any atom is -0.462 e. The monoisotopic (exact) mass is 784 g/mol. The normalized spacial score (nSPS) is 14.2. The van der Waals surface area contributed by atoms with Crippen LogP contribution in [0.25, 0.3) is 0 Å². The van der Waals surface area contributed by atoms with E-state index in [9.17, 15) is 21.6 Å². The van der Waals surface area contributed by atoms with Crippen LogP contribution in [0.5, 0.6) is 0 Å². The van der Waals surface area contributed by atoms with Crippen molar-refractivity contribution < 1.29 is 26.4 Å². The average Bonchev–Trinajstić information content (AvgIpc) is 3.44. The molecule has 5 rings (SSSR count). The van der Waals surface area contributed by atoms with Gasteiger partial charge < -0.3 is 4.74 Å². The highest BCUT2D eigenvalue weighted by Crippen LogP contribution is 2.39. The summed E-state index contributed by atoms with van der Waals surface area (Å²) >= 11 is 2.12. The molecule has 1 atom stereocenters. The zero-order valence-corrected chi connectivity index (χ0v) is 30.2. The fourth-order valence-corrected chi connectivity index (χ4v) is 8.69. The van der Waals surface area contributed by atoms with Crippen molar-refractivity contribution in [3.63, 3.8) is 0 Å². The smallest absolute Gasteiger partial charge is 0.302 e. The fraction of sp³-hybridized carbons (Fsp3) is 0.194. The number of rotatable bonds is 10. The molecule has 0 fully saturated rings. The minimum absolute atomic E-state index is 0.0430. The summed E-state index contributed by atoms with van der Waals surface area (Å²) in [7, 11) is -7.25. The first kappa shape index (κ1) is 35.9. The molecule has 11 heteroatoms. The first-order valence-electron chi connectivity index (χ1n) is 14.8. The molecule has 1 unspecified atom stereocenters. The number of aryl methyl sites for hydroxylation is 2. The summed E-state index contributed by atoms with van der Waals surface area (Å²) in [6, 6.07) is 28.6. The lowest BCUT2D eigenvalue weighted by atomic mass is 10.0. The van der Waals surface area contributed by atoms with E-state index in [1.54, 1.807) is 60.7 Å². The Bertz CT molecular complexity index is 1960. The molecule has 0 amide bonds. The second kappa shape index (κ2) is 15.8. The molecule has 0 saturated heterocycles. The number of para-hydroxylation sites is 2. The number of ether oxygens (including phenoxy) is 1. The van der Waals surface area contributed by atoms with E-state index in [0.29, 0.717) is 17.1 Å². The summed E-state index contributed by atoms with van der Waals surface area (Å²) < 4.78 is 60.6.